The molecule has 0 saturated carbocycles. The van der Waals surface area contributed by atoms with Gasteiger partial charge >= 0.3 is 0 Å². The number of hydrogen-bond donors (Lipinski definition) is 2. The minimum Gasteiger partial charge on any atom is -0.423 e. The molecule has 3 aromatic rings. The Balaban J connectivity index is 1.73. The summed E-state index contributed by atoms with van der Waals surface area (Å²) in [4.78, 5) is 6.15. The maximum atomic E-state index is 6.32. The lowest BCUT2D eigenvalue weighted by Gasteiger charge is -2.26. The van der Waals surface area contributed by atoms with Crippen LogP contribution in [0.5, 0.6) is 0 Å². The Kier molecular flexibility index (Phi) is 3.36. The number of nitrogens with two attached hydrogens (primary N) is 2. The molecule has 0 bridgehead atoms. The van der Waals surface area contributed by atoms with Crippen LogP contribution >= 0.6 is 0 Å². The first-order chi connectivity index (χ1) is 11.6. The summed E-state index contributed by atoms with van der Waals surface area (Å²) >= 11 is 0. The van der Waals surface area contributed by atoms with Crippen LogP contribution in [0.25, 0.3) is 16.3 Å². The highest BCUT2D eigenvalue weighted by atomic mass is 16.4. The van der Waals surface area contributed by atoms with E-state index in [0.717, 1.165) is 11.1 Å². The zero-order chi connectivity index (χ0) is 16.7. The third kappa shape index (κ3) is 2.35. The number of nitrogens with zero attached hydrogens (tertiary/aromatic N) is 2. The lowest BCUT2D eigenvalue weighted by Crippen LogP contribution is -2.31. The maximum Gasteiger partial charge on any atom is 0.229 e. The van der Waals surface area contributed by atoms with E-state index in [9.17, 15) is 0 Å². The molecule has 4 N–H and O–H groups in total. The number of furan rings is 1. The van der Waals surface area contributed by atoms with Gasteiger partial charge in [-0.05, 0) is 28.8 Å². The second kappa shape index (κ2) is 5.54. The standard InChI is InChI=1S/C19H18N4O/c1-12(14-8-4-6-13-5-2-3-7-15(13)14)10-23-11-22-19-16(18(23)21)9-17(20)24-19/h2-11,18H,20-21H2,1H3/b12-10+/t18-/m0/s1. The van der Waals surface area contributed by atoms with Gasteiger partial charge < -0.3 is 20.8 Å². The molecule has 0 aliphatic carbocycles. The summed E-state index contributed by atoms with van der Waals surface area (Å²) in [6, 6.07) is 16.3. The van der Waals surface area contributed by atoms with Gasteiger partial charge in [-0.15, -0.1) is 0 Å². The molecule has 4 rings (SSSR count). The summed E-state index contributed by atoms with van der Waals surface area (Å²) in [6.07, 6.45) is 3.30. The average molecular weight is 318 g/mol. The second-order valence-corrected chi connectivity index (χ2v) is 5.88. The zero-order valence-corrected chi connectivity index (χ0v) is 13.3. The van der Waals surface area contributed by atoms with Gasteiger partial charge in [-0.2, -0.15) is 0 Å². The molecule has 2 aromatic carbocycles. The first-order valence-electron chi connectivity index (χ1n) is 7.76. The highest BCUT2D eigenvalue weighted by Crippen LogP contribution is 2.35. The molecule has 2 heterocycles. The minimum atomic E-state index is -0.372. The lowest BCUT2D eigenvalue weighted by atomic mass is 9.99. The summed E-state index contributed by atoms with van der Waals surface area (Å²) in [5.41, 5.74) is 15.1. The summed E-state index contributed by atoms with van der Waals surface area (Å²) < 4.78 is 5.32. The van der Waals surface area contributed by atoms with Gasteiger partial charge in [0.15, 0.2) is 5.88 Å². The van der Waals surface area contributed by atoms with E-state index in [4.69, 9.17) is 15.9 Å². The van der Waals surface area contributed by atoms with E-state index in [2.05, 4.69) is 42.2 Å². The highest BCUT2D eigenvalue weighted by Gasteiger charge is 2.23. The van der Waals surface area contributed by atoms with Crippen LogP contribution in [0.3, 0.4) is 0 Å². The van der Waals surface area contributed by atoms with E-state index in [1.807, 2.05) is 23.2 Å². The van der Waals surface area contributed by atoms with Crippen molar-refractivity contribution in [3.8, 4) is 0 Å². The van der Waals surface area contributed by atoms with Crippen molar-refractivity contribution in [2.75, 3.05) is 5.73 Å². The Morgan fingerprint density at radius 2 is 2.00 bits per heavy atom. The number of aliphatic imine (C=N–C) groups is 1. The highest BCUT2D eigenvalue weighted by molar-refractivity contribution is 5.93. The molecular formula is C19H18N4O. The van der Waals surface area contributed by atoms with Gasteiger partial charge in [0.25, 0.3) is 0 Å². The minimum absolute atomic E-state index is 0.323. The molecular weight excluding hydrogens is 300 g/mol. The van der Waals surface area contributed by atoms with Gasteiger partial charge in [-0.1, -0.05) is 42.5 Å². The Morgan fingerprint density at radius 1 is 1.21 bits per heavy atom. The number of benzene rings is 2. The molecule has 0 fully saturated rings. The average Bonchev–Trinajstić information content (AvgIpc) is 2.98. The quantitative estimate of drug-likeness (QED) is 0.748. The van der Waals surface area contributed by atoms with Crippen molar-refractivity contribution >= 4 is 34.5 Å². The molecule has 0 saturated heterocycles. The van der Waals surface area contributed by atoms with Crippen molar-refractivity contribution in [2.24, 2.45) is 10.7 Å². The van der Waals surface area contributed by atoms with Crippen molar-refractivity contribution in [3.05, 3.63) is 65.9 Å². The molecule has 1 aliphatic heterocycles. The summed E-state index contributed by atoms with van der Waals surface area (Å²) in [7, 11) is 0. The van der Waals surface area contributed by atoms with E-state index in [1.54, 1.807) is 12.4 Å². The third-order valence-corrected chi connectivity index (χ3v) is 4.26. The van der Waals surface area contributed by atoms with E-state index in [1.165, 1.54) is 16.3 Å². The van der Waals surface area contributed by atoms with Gasteiger partial charge in [0.2, 0.25) is 5.88 Å². The van der Waals surface area contributed by atoms with E-state index < -0.39 is 0 Å². The van der Waals surface area contributed by atoms with Gasteiger partial charge in [-0.25, -0.2) is 4.99 Å². The van der Waals surface area contributed by atoms with Crippen molar-refractivity contribution in [3.63, 3.8) is 0 Å². The second-order valence-electron chi connectivity index (χ2n) is 5.88. The molecule has 0 amide bonds. The number of fused-ring (bicyclic) bond motifs is 2. The van der Waals surface area contributed by atoms with Crippen molar-refractivity contribution in [1.82, 2.24) is 4.90 Å². The van der Waals surface area contributed by atoms with Crippen LogP contribution in [0.2, 0.25) is 0 Å². The molecule has 120 valence electrons. The molecule has 0 spiro atoms. The topological polar surface area (TPSA) is 80.8 Å². The number of anilines is 1. The Hall–Kier alpha value is -3.05. The molecule has 0 radical (unpaired) electrons. The van der Waals surface area contributed by atoms with Crippen LogP contribution in [0, 0.1) is 0 Å². The maximum absolute atomic E-state index is 6.32. The number of allylic oxidation sites excluding steroid dienone is 1. The molecule has 1 aliphatic rings. The normalized spacial score (nSPS) is 17.3. The fraction of sp³-hybridized carbons (Fsp3) is 0.105. The summed E-state index contributed by atoms with van der Waals surface area (Å²) in [5, 5.41) is 2.42. The van der Waals surface area contributed by atoms with E-state index in [-0.39, 0.29) is 6.17 Å². The number of hydrogen-bond acceptors (Lipinski definition) is 5. The molecule has 24 heavy (non-hydrogen) atoms. The van der Waals surface area contributed by atoms with Crippen LogP contribution in [-0.2, 0) is 0 Å². The van der Waals surface area contributed by atoms with Crippen LogP contribution in [0.4, 0.5) is 11.8 Å². The third-order valence-electron chi connectivity index (χ3n) is 4.26. The largest absolute Gasteiger partial charge is 0.423 e. The van der Waals surface area contributed by atoms with E-state index in [0.29, 0.717) is 11.8 Å². The smallest absolute Gasteiger partial charge is 0.229 e. The molecule has 1 atom stereocenters. The summed E-state index contributed by atoms with van der Waals surface area (Å²) in [6.45, 7) is 2.07. The van der Waals surface area contributed by atoms with Gasteiger partial charge in [-0.3, -0.25) is 0 Å². The zero-order valence-electron chi connectivity index (χ0n) is 13.3. The van der Waals surface area contributed by atoms with Crippen molar-refractivity contribution < 1.29 is 4.42 Å². The predicted molar refractivity (Wildman–Crippen MR) is 97.6 cm³/mol. The van der Waals surface area contributed by atoms with Crippen LogP contribution in [-0.4, -0.2) is 11.2 Å². The monoisotopic (exact) mass is 318 g/mol. The van der Waals surface area contributed by atoms with Crippen molar-refractivity contribution in [2.45, 2.75) is 13.1 Å². The number of rotatable bonds is 2. The molecule has 5 heteroatoms. The SMILES string of the molecule is C/C(=C\N1C=Nc2oc(N)cc2[C@H]1N)c1cccc2ccccc12. The Labute approximate surface area is 139 Å². The van der Waals surface area contributed by atoms with Crippen molar-refractivity contribution in [1.29, 1.82) is 0 Å². The van der Waals surface area contributed by atoms with Crippen LogP contribution in [0.1, 0.15) is 24.2 Å². The van der Waals surface area contributed by atoms with Gasteiger partial charge in [0, 0.05) is 12.3 Å². The Morgan fingerprint density at radius 3 is 2.88 bits per heavy atom. The number of nitrogen functional groups attached to an aromatic ring is 1. The predicted octanol–water partition coefficient (Wildman–Crippen LogP) is 4.01. The van der Waals surface area contributed by atoms with Crippen LogP contribution < -0.4 is 11.5 Å². The van der Waals surface area contributed by atoms with Crippen LogP contribution in [0.15, 0.2) is 64.1 Å². The van der Waals surface area contributed by atoms with Gasteiger partial charge in [0.05, 0.1) is 5.56 Å². The molecule has 5 nitrogen and oxygen atoms in total. The lowest BCUT2D eigenvalue weighted by molar-refractivity contribution is 0.422. The molecule has 0 unspecified atom stereocenters. The first kappa shape index (κ1) is 14.5. The summed E-state index contributed by atoms with van der Waals surface area (Å²) in [5.74, 6) is 0.802. The fourth-order valence-corrected chi connectivity index (χ4v) is 3.06. The van der Waals surface area contributed by atoms with Gasteiger partial charge in [0.1, 0.15) is 12.5 Å². The fourth-order valence-electron chi connectivity index (χ4n) is 3.06. The Bertz CT molecular complexity index is 965. The first-order valence-corrected chi connectivity index (χ1v) is 7.76. The molecule has 1 aromatic heterocycles. The van der Waals surface area contributed by atoms with E-state index >= 15 is 0 Å².